The number of aliphatic imine (C=N–C) groups is 1. The Bertz CT molecular complexity index is 215. The predicted molar refractivity (Wildman–Crippen MR) is 49.8 cm³/mol. The maximum Gasteiger partial charge on any atom is 0.330 e. The van der Waals surface area contributed by atoms with Crippen molar-refractivity contribution in [2.24, 2.45) is 4.99 Å². The van der Waals surface area contributed by atoms with Crippen LogP contribution >= 0.6 is 0 Å². The topological polar surface area (TPSA) is 62.7 Å². The highest BCUT2D eigenvalue weighted by Crippen LogP contribution is 2.00. The maximum absolute atomic E-state index is 11.1. The molecule has 1 unspecified atom stereocenters. The smallest absolute Gasteiger partial charge is 0.330 e. The zero-order valence-electron chi connectivity index (χ0n) is 7.96. The standard InChI is InChI=1S/C8H15N3O2/c1-9-4-3-7-10-5-6(11-7)8(12)13-2/h6,9H,3-5H2,1-2H3,(H,10,11). The van der Waals surface area contributed by atoms with E-state index in [1.807, 2.05) is 7.05 Å². The van der Waals surface area contributed by atoms with Crippen molar-refractivity contribution in [1.29, 1.82) is 0 Å². The molecule has 1 aliphatic rings. The monoisotopic (exact) mass is 185 g/mol. The van der Waals surface area contributed by atoms with E-state index < -0.39 is 0 Å². The predicted octanol–water partition coefficient (Wildman–Crippen LogP) is -0.861. The van der Waals surface area contributed by atoms with Gasteiger partial charge in [0.25, 0.3) is 0 Å². The van der Waals surface area contributed by atoms with E-state index >= 15 is 0 Å². The molecule has 1 aliphatic heterocycles. The highest BCUT2D eigenvalue weighted by molar-refractivity contribution is 5.90. The molecule has 0 radical (unpaired) electrons. The molecule has 1 heterocycles. The lowest BCUT2D eigenvalue weighted by Crippen LogP contribution is -2.38. The summed E-state index contributed by atoms with van der Waals surface area (Å²) in [6.45, 7) is 1.35. The summed E-state index contributed by atoms with van der Waals surface area (Å²) in [4.78, 5) is 15.2. The molecule has 0 bridgehead atoms. The van der Waals surface area contributed by atoms with Gasteiger partial charge in [-0.25, -0.2) is 4.79 Å². The SMILES string of the molecule is CNCCC1=NCC(C(=O)OC)N1. The minimum atomic E-state index is -0.281. The third-order valence-corrected chi connectivity index (χ3v) is 1.90. The van der Waals surface area contributed by atoms with E-state index in [9.17, 15) is 4.79 Å². The number of carbonyl (C=O) groups is 1. The minimum absolute atomic E-state index is 0.247. The number of hydrogen-bond donors (Lipinski definition) is 2. The summed E-state index contributed by atoms with van der Waals surface area (Å²) >= 11 is 0. The molecule has 2 N–H and O–H groups in total. The van der Waals surface area contributed by atoms with Gasteiger partial charge in [0, 0.05) is 13.0 Å². The Morgan fingerprint density at radius 3 is 3.23 bits per heavy atom. The Labute approximate surface area is 77.6 Å². The summed E-state index contributed by atoms with van der Waals surface area (Å²) in [7, 11) is 3.27. The molecule has 1 rings (SSSR count). The van der Waals surface area contributed by atoms with Crippen LogP contribution in [0.2, 0.25) is 0 Å². The van der Waals surface area contributed by atoms with E-state index in [1.54, 1.807) is 0 Å². The first-order valence-corrected chi connectivity index (χ1v) is 4.30. The molecule has 13 heavy (non-hydrogen) atoms. The van der Waals surface area contributed by atoms with E-state index in [-0.39, 0.29) is 12.0 Å². The van der Waals surface area contributed by atoms with Gasteiger partial charge in [-0.05, 0) is 7.05 Å². The highest BCUT2D eigenvalue weighted by Gasteiger charge is 2.24. The van der Waals surface area contributed by atoms with Crippen molar-refractivity contribution in [2.45, 2.75) is 12.5 Å². The van der Waals surface area contributed by atoms with E-state index in [4.69, 9.17) is 0 Å². The average Bonchev–Trinajstić information content (AvgIpc) is 2.62. The van der Waals surface area contributed by atoms with Crippen molar-refractivity contribution in [3.8, 4) is 0 Å². The number of methoxy groups -OCH3 is 1. The largest absolute Gasteiger partial charge is 0.467 e. The Balaban J connectivity index is 2.29. The zero-order valence-corrected chi connectivity index (χ0v) is 7.96. The summed E-state index contributed by atoms with van der Waals surface area (Å²) < 4.78 is 4.60. The van der Waals surface area contributed by atoms with Crippen molar-refractivity contribution in [3.63, 3.8) is 0 Å². The molecule has 0 aliphatic carbocycles. The number of ether oxygens (including phenoxy) is 1. The number of esters is 1. The van der Waals surface area contributed by atoms with Gasteiger partial charge in [0.2, 0.25) is 0 Å². The molecular formula is C8H15N3O2. The van der Waals surface area contributed by atoms with Gasteiger partial charge < -0.3 is 15.4 Å². The number of rotatable bonds is 4. The molecule has 1 atom stereocenters. The zero-order chi connectivity index (χ0) is 9.68. The fourth-order valence-electron chi connectivity index (χ4n) is 1.16. The van der Waals surface area contributed by atoms with Crippen molar-refractivity contribution < 1.29 is 9.53 Å². The number of nitrogens with zero attached hydrogens (tertiary/aromatic N) is 1. The molecule has 0 spiro atoms. The number of nitrogens with one attached hydrogen (secondary N) is 2. The Kier molecular flexibility index (Phi) is 3.70. The third-order valence-electron chi connectivity index (χ3n) is 1.90. The minimum Gasteiger partial charge on any atom is -0.467 e. The van der Waals surface area contributed by atoms with Crippen LogP contribution < -0.4 is 10.6 Å². The van der Waals surface area contributed by atoms with Crippen LogP contribution in [0.4, 0.5) is 0 Å². The van der Waals surface area contributed by atoms with Crippen molar-refractivity contribution in [2.75, 3.05) is 27.2 Å². The van der Waals surface area contributed by atoms with Gasteiger partial charge in [-0.2, -0.15) is 0 Å². The first-order valence-electron chi connectivity index (χ1n) is 4.30. The quantitative estimate of drug-likeness (QED) is 0.559. The maximum atomic E-state index is 11.1. The normalized spacial score (nSPS) is 20.8. The van der Waals surface area contributed by atoms with E-state index in [1.165, 1.54) is 7.11 Å². The first kappa shape index (κ1) is 9.98. The van der Waals surface area contributed by atoms with Gasteiger partial charge >= 0.3 is 5.97 Å². The molecule has 0 amide bonds. The van der Waals surface area contributed by atoms with Crippen molar-refractivity contribution >= 4 is 11.8 Å². The summed E-state index contributed by atoms with van der Waals surface area (Å²) in [5, 5.41) is 6.03. The van der Waals surface area contributed by atoms with Crippen molar-refractivity contribution in [3.05, 3.63) is 0 Å². The Hall–Kier alpha value is -1.10. The Morgan fingerprint density at radius 1 is 1.85 bits per heavy atom. The van der Waals surface area contributed by atoms with Crippen LogP contribution in [0.15, 0.2) is 4.99 Å². The molecule has 5 nitrogen and oxygen atoms in total. The second-order valence-electron chi connectivity index (χ2n) is 2.86. The fraction of sp³-hybridized carbons (Fsp3) is 0.750. The summed E-state index contributed by atoms with van der Waals surface area (Å²) in [6.07, 6.45) is 0.823. The lowest BCUT2D eigenvalue weighted by Gasteiger charge is -2.08. The van der Waals surface area contributed by atoms with Gasteiger partial charge in [-0.3, -0.25) is 4.99 Å². The summed E-state index contributed by atoms with van der Waals surface area (Å²) in [5.41, 5.74) is 0. The van der Waals surface area contributed by atoms with Gasteiger partial charge in [0.05, 0.1) is 19.5 Å². The molecule has 5 heteroatoms. The van der Waals surface area contributed by atoms with Crippen LogP contribution in [-0.2, 0) is 9.53 Å². The first-order chi connectivity index (χ1) is 6.27. The lowest BCUT2D eigenvalue weighted by atomic mass is 10.3. The van der Waals surface area contributed by atoms with Gasteiger partial charge in [0.1, 0.15) is 6.04 Å². The van der Waals surface area contributed by atoms with Crippen LogP contribution in [0.25, 0.3) is 0 Å². The molecule has 0 saturated heterocycles. The second kappa shape index (κ2) is 4.81. The molecule has 0 fully saturated rings. The van der Waals surface area contributed by atoms with Crippen molar-refractivity contribution in [1.82, 2.24) is 10.6 Å². The third kappa shape index (κ3) is 2.69. The van der Waals surface area contributed by atoms with Crippen LogP contribution in [0, 0.1) is 0 Å². The number of hydrogen-bond acceptors (Lipinski definition) is 5. The van der Waals surface area contributed by atoms with Crippen LogP contribution in [0.3, 0.4) is 0 Å². The van der Waals surface area contributed by atoms with Gasteiger partial charge in [0.15, 0.2) is 0 Å². The molecule has 0 aromatic heterocycles. The van der Waals surface area contributed by atoms with Crippen LogP contribution in [0.1, 0.15) is 6.42 Å². The number of carbonyl (C=O) groups excluding carboxylic acids is 1. The lowest BCUT2D eigenvalue weighted by molar-refractivity contribution is -0.142. The molecule has 0 aromatic rings. The van der Waals surface area contributed by atoms with E-state index in [2.05, 4.69) is 20.4 Å². The van der Waals surface area contributed by atoms with E-state index in [0.717, 1.165) is 18.8 Å². The molecule has 0 aromatic carbocycles. The second-order valence-corrected chi connectivity index (χ2v) is 2.86. The highest BCUT2D eigenvalue weighted by atomic mass is 16.5. The molecule has 0 saturated carbocycles. The summed E-state index contributed by atoms with van der Waals surface area (Å²) in [5.74, 6) is 0.632. The number of amidine groups is 1. The van der Waals surface area contributed by atoms with Crippen LogP contribution in [0.5, 0.6) is 0 Å². The van der Waals surface area contributed by atoms with Gasteiger partial charge in [-0.1, -0.05) is 0 Å². The average molecular weight is 185 g/mol. The molecular weight excluding hydrogens is 170 g/mol. The van der Waals surface area contributed by atoms with Crippen LogP contribution in [-0.4, -0.2) is 45.1 Å². The van der Waals surface area contributed by atoms with E-state index in [0.29, 0.717) is 6.54 Å². The molecule has 74 valence electrons. The summed E-state index contributed by atoms with van der Waals surface area (Å²) in [6, 6.07) is -0.281. The van der Waals surface area contributed by atoms with Gasteiger partial charge in [-0.15, -0.1) is 0 Å². The Morgan fingerprint density at radius 2 is 2.62 bits per heavy atom. The fourth-order valence-corrected chi connectivity index (χ4v) is 1.16.